The molecule has 0 aliphatic carbocycles. The van der Waals surface area contributed by atoms with Gasteiger partial charge in [0.15, 0.2) is 11.9 Å². The van der Waals surface area contributed by atoms with Crippen LogP contribution in [-0.2, 0) is 14.4 Å². The Hall–Kier alpha value is -2.88. The van der Waals surface area contributed by atoms with Crippen molar-refractivity contribution in [2.24, 2.45) is 0 Å². The van der Waals surface area contributed by atoms with Crippen molar-refractivity contribution in [2.45, 2.75) is 32.8 Å². The fraction of sp³-hybridized carbons (Fsp3) is 0.450. The van der Waals surface area contributed by atoms with E-state index in [1.165, 1.54) is 4.90 Å². The molecule has 2 aliphatic heterocycles. The molecule has 2 aliphatic rings. The summed E-state index contributed by atoms with van der Waals surface area (Å²) in [5.74, 6) is -0.626. The molecule has 4 amide bonds. The van der Waals surface area contributed by atoms with Gasteiger partial charge in [0, 0.05) is 25.1 Å². The lowest BCUT2D eigenvalue weighted by Gasteiger charge is -2.33. The van der Waals surface area contributed by atoms with Gasteiger partial charge < -0.3 is 10.1 Å². The number of amides is 4. The zero-order chi connectivity index (χ0) is 21.8. The normalized spacial score (nSPS) is 18.3. The Bertz CT molecular complexity index is 887. The second-order valence-corrected chi connectivity index (χ2v) is 7.92. The Morgan fingerprint density at radius 3 is 2.67 bits per heavy atom. The molecule has 1 saturated heterocycles. The molecule has 0 aromatic heterocycles. The highest BCUT2D eigenvalue weighted by atomic mass is 32.2. The van der Waals surface area contributed by atoms with E-state index >= 15 is 0 Å². The van der Waals surface area contributed by atoms with E-state index in [0.29, 0.717) is 29.8 Å². The van der Waals surface area contributed by atoms with Crippen molar-refractivity contribution >= 4 is 46.2 Å². The number of ketones is 1. The van der Waals surface area contributed by atoms with Crippen LogP contribution in [0.4, 0.5) is 10.5 Å². The van der Waals surface area contributed by atoms with Crippen LogP contribution in [0.15, 0.2) is 18.2 Å². The molecule has 30 heavy (non-hydrogen) atoms. The van der Waals surface area contributed by atoms with Crippen LogP contribution < -0.4 is 15.0 Å². The van der Waals surface area contributed by atoms with Crippen molar-refractivity contribution < 1.29 is 28.7 Å². The fourth-order valence-electron chi connectivity index (χ4n) is 3.22. The molecule has 0 bridgehead atoms. The van der Waals surface area contributed by atoms with E-state index in [1.807, 2.05) is 6.92 Å². The summed E-state index contributed by atoms with van der Waals surface area (Å²) >= 11 is 0.931. The number of fused-ring (bicyclic) bond motifs is 1. The number of thioether (sulfide) groups is 1. The lowest BCUT2D eigenvalue weighted by atomic mass is 10.0. The van der Waals surface area contributed by atoms with Crippen molar-refractivity contribution in [3.05, 3.63) is 23.8 Å². The summed E-state index contributed by atoms with van der Waals surface area (Å²) in [6, 6.07) is 4.86. The van der Waals surface area contributed by atoms with E-state index in [1.54, 1.807) is 25.1 Å². The number of hydrogen-bond donors (Lipinski definition) is 1. The quantitative estimate of drug-likeness (QED) is 0.620. The van der Waals surface area contributed by atoms with Crippen LogP contribution in [0.3, 0.4) is 0 Å². The lowest BCUT2D eigenvalue weighted by molar-refractivity contribution is -0.128. The maximum Gasteiger partial charge on any atom is 0.288 e. The minimum atomic E-state index is -0.764. The Labute approximate surface area is 178 Å². The van der Waals surface area contributed by atoms with E-state index in [0.717, 1.165) is 16.7 Å². The van der Waals surface area contributed by atoms with Gasteiger partial charge in [0.05, 0.1) is 11.4 Å². The highest BCUT2D eigenvalue weighted by molar-refractivity contribution is 8.14. The third-order valence-electron chi connectivity index (χ3n) is 4.77. The van der Waals surface area contributed by atoms with Crippen LogP contribution in [0.2, 0.25) is 0 Å². The monoisotopic (exact) mass is 433 g/mol. The molecule has 9 nitrogen and oxygen atoms in total. The van der Waals surface area contributed by atoms with Crippen LogP contribution in [0.25, 0.3) is 0 Å². The van der Waals surface area contributed by atoms with Gasteiger partial charge in [-0.2, -0.15) is 0 Å². The Morgan fingerprint density at radius 2 is 2.00 bits per heavy atom. The zero-order valence-corrected chi connectivity index (χ0v) is 17.6. The number of carbonyl (C=O) groups is 5. The van der Waals surface area contributed by atoms with Crippen molar-refractivity contribution in [3.63, 3.8) is 0 Å². The van der Waals surface area contributed by atoms with Gasteiger partial charge in [-0.15, -0.1) is 0 Å². The lowest BCUT2D eigenvalue weighted by Crippen LogP contribution is -2.49. The first-order valence-electron chi connectivity index (χ1n) is 9.71. The van der Waals surface area contributed by atoms with Crippen molar-refractivity contribution in [1.29, 1.82) is 0 Å². The highest BCUT2D eigenvalue weighted by Crippen LogP contribution is 2.35. The summed E-state index contributed by atoms with van der Waals surface area (Å²) in [4.78, 5) is 62.9. The smallest absolute Gasteiger partial charge is 0.288 e. The number of carbonyl (C=O) groups excluding carboxylic acids is 5. The van der Waals surface area contributed by atoms with E-state index in [4.69, 9.17) is 4.74 Å². The number of Topliss-reactive ketones (excluding diaryl/α,β-unsaturated/α-hetero) is 1. The molecular weight excluding hydrogens is 410 g/mol. The van der Waals surface area contributed by atoms with E-state index < -0.39 is 12.0 Å². The van der Waals surface area contributed by atoms with Gasteiger partial charge in [0.2, 0.25) is 11.8 Å². The predicted molar refractivity (Wildman–Crippen MR) is 111 cm³/mol. The first-order chi connectivity index (χ1) is 14.3. The Kier molecular flexibility index (Phi) is 6.76. The first kappa shape index (κ1) is 21.8. The average Bonchev–Trinajstić information content (AvgIpc) is 3.03. The van der Waals surface area contributed by atoms with Crippen molar-refractivity contribution in [1.82, 2.24) is 10.2 Å². The molecule has 10 heteroatoms. The van der Waals surface area contributed by atoms with Crippen LogP contribution >= 0.6 is 11.8 Å². The van der Waals surface area contributed by atoms with Gasteiger partial charge in [-0.3, -0.25) is 33.8 Å². The fourth-order valence-corrected chi connectivity index (χ4v) is 3.97. The molecule has 0 saturated carbocycles. The molecule has 160 valence electrons. The molecule has 0 spiro atoms. The van der Waals surface area contributed by atoms with Crippen LogP contribution in [0.1, 0.15) is 37.0 Å². The van der Waals surface area contributed by atoms with E-state index in [-0.39, 0.29) is 48.2 Å². The number of nitrogens with zero attached hydrogens (tertiary/aromatic N) is 2. The van der Waals surface area contributed by atoms with Gasteiger partial charge in [-0.05, 0) is 31.5 Å². The minimum Gasteiger partial charge on any atom is -0.479 e. The summed E-state index contributed by atoms with van der Waals surface area (Å²) in [5.41, 5.74) is 0.826. The molecule has 1 unspecified atom stereocenters. The summed E-state index contributed by atoms with van der Waals surface area (Å²) in [5, 5.41) is 2.30. The van der Waals surface area contributed by atoms with Gasteiger partial charge in [-0.1, -0.05) is 18.7 Å². The third kappa shape index (κ3) is 4.64. The number of hydrogen-bond acceptors (Lipinski definition) is 7. The van der Waals surface area contributed by atoms with Crippen molar-refractivity contribution in [2.75, 3.05) is 30.3 Å². The number of benzene rings is 1. The maximum atomic E-state index is 12.6. The highest BCUT2D eigenvalue weighted by Gasteiger charge is 2.34. The molecule has 1 aromatic carbocycles. The SMILES string of the molecule is CCCC(=O)c1ccc2c(c1)N(CC(=O)NCCN1C(=O)CSC1=O)C(=O)C(C)O2. The molecular formula is C20H23N3O6S. The average molecular weight is 433 g/mol. The zero-order valence-electron chi connectivity index (χ0n) is 16.8. The maximum absolute atomic E-state index is 12.6. The molecule has 2 heterocycles. The molecule has 1 fully saturated rings. The van der Waals surface area contributed by atoms with E-state index in [2.05, 4.69) is 5.32 Å². The number of anilines is 1. The van der Waals surface area contributed by atoms with Gasteiger partial charge in [-0.25, -0.2) is 0 Å². The van der Waals surface area contributed by atoms with Gasteiger partial charge in [0.25, 0.3) is 11.1 Å². The van der Waals surface area contributed by atoms with E-state index in [9.17, 15) is 24.0 Å². The second kappa shape index (κ2) is 9.29. The largest absolute Gasteiger partial charge is 0.479 e. The molecule has 1 aromatic rings. The molecule has 1 N–H and O–H groups in total. The summed E-state index contributed by atoms with van der Waals surface area (Å²) < 4.78 is 5.60. The number of imide groups is 1. The molecule has 3 rings (SSSR count). The summed E-state index contributed by atoms with van der Waals surface area (Å²) in [6.45, 7) is 3.41. The second-order valence-electron chi connectivity index (χ2n) is 6.99. The van der Waals surface area contributed by atoms with Crippen LogP contribution in [0, 0.1) is 0 Å². The Morgan fingerprint density at radius 1 is 1.23 bits per heavy atom. The third-order valence-corrected chi connectivity index (χ3v) is 5.62. The van der Waals surface area contributed by atoms with Crippen molar-refractivity contribution in [3.8, 4) is 5.75 Å². The predicted octanol–water partition coefficient (Wildman–Crippen LogP) is 1.59. The summed E-state index contributed by atoms with van der Waals surface area (Å²) in [6.07, 6.45) is 0.325. The summed E-state index contributed by atoms with van der Waals surface area (Å²) in [7, 11) is 0. The standard InChI is InChI=1S/C20H23N3O6S/c1-3-4-15(24)13-5-6-16-14(9-13)23(19(27)12(2)29-16)10-17(25)21-7-8-22-18(26)11-30-20(22)28/h5-6,9,12H,3-4,7-8,10-11H2,1-2H3,(H,21,25). The Balaban J connectivity index is 1.68. The number of rotatable bonds is 8. The van der Waals surface area contributed by atoms with Crippen LogP contribution in [-0.4, -0.2) is 65.1 Å². The van der Waals surface area contributed by atoms with Gasteiger partial charge >= 0.3 is 0 Å². The topological polar surface area (TPSA) is 113 Å². The first-order valence-corrected chi connectivity index (χ1v) is 10.7. The number of ether oxygens (including phenoxy) is 1. The molecule has 1 atom stereocenters. The van der Waals surface area contributed by atoms with Crippen LogP contribution in [0.5, 0.6) is 5.75 Å². The minimum absolute atomic E-state index is 0.0476. The number of nitrogens with one attached hydrogen (secondary N) is 1. The van der Waals surface area contributed by atoms with Gasteiger partial charge in [0.1, 0.15) is 12.3 Å². The molecule has 0 radical (unpaired) electrons.